The van der Waals surface area contributed by atoms with Gasteiger partial charge in [-0.2, -0.15) is 0 Å². The van der Waals surface area contributed by atoms with Crippen LogP contribution in [0.1, 0.15) is 29.2 Å². The van der Waals surface area contributed by atoms with Crippen LogP contribution in [0.15, 0.2) is 34.9 Å². The summed E-state index contributed by atoms with van der Waals surface area (Å²) in [4.78, 5) is 4.27. The fourth-order valence-electron chi connectivity index (χ4n) is 1.98. The van der Waals surface area contributed by atoms with Crippen molar-refractivity contribution in [1.29, 1.82) is 0 Å². The highest BCUT2D eigenvalue weighted by molar-refractivity contribution is 5.26. The van der Waals surface area contributed by atoms with Crippen LogP contribution in [0.4, 0.5) is 0 Å². The van der Waals surface area contributed by atoms with Crippen molar-refractivity contribution in [3.8, 4) is 0 Å². The molecule has 2 N–H and O–H groups in total. The highest BCUT2D eigenvalue weighted by Crippen LogP contribution is 2.13. The van der Waals surface area contributed by atoms with Crippen molar-refractivity contribution in [3.05, 3.63) is 53.2 Å². The normalized spacial score (nSPS) is 10.8. The molecule has 0 radical (unpaired) electrons. The minimum atomic E-state index is 0.681. The lowest BCUT2D eigenvalue weighted by Crippen LogP contribution is -2.00. The van der Waals surface area contributed by atoms with E-state index < -0.39 is 0 Å². The smallest absolute Gasteiger partial charge is 0.194 e. The Morgan fingerprint density at radius 1 is 1.17 bits per heavy atom. The van der Waals surface area contributed by atoms with E-state index in [9.17, 15) is 0 Å². The van der Waals surface area contributed by atoms with Crippen LogP contribution in [-0.4, -0.2) is 11.5 Å². The Balaban J connectivity index is 1.90. The van der Waals surface area contributed by atoms with Crippen molar-refractivity contribution in [2.75, 3.05) is 6.54 Å². The van der Waals surface area contributed by atoms with Crippen molar-refractivity contribution in [2.24, 2.45) is 5.73 Å². The van der Waals surface area contributed by atoms with Crippen LogP contribution < -0.4 is 5.73 Å². The van der Waals surface area contributed by atoms with Crippen molar-refractivity contribution in [2.45, 2.75) is 32.6 Å². The van der Waals surface area contributed by atoms with E-state index in [1.807, 2.05) is 6.20 Å². The Kier molecular flexibility index (Phi) is 4.53. The number of aromatic nitrogens is 1. The lowest BCUT2D eigenvalue weighted by Gasteiger charge is -2.03. The molecule has 0 bridgehead atoms. The summed E-state index contributed by atoms with van der Waals surface area (Å²) in [6.45, 7) is 2.82. The van der Waals surface area contributed by atoms with Crippen molar-refractivity contribution in [1.82, 2.24) is 4.98 Å². The van der Waals surface area contributed by atoms with E-state index in [0.717, 1.165) is 37.3 Å². The van der Waals surface area contributed by atoms with Crippen LogP contribution >= 0.6 is 0 Å². The monoisotopic (exact) mass is 244 g/mol. The van der Waals surface area contributed by atoms with Gasteiger partial charge in [0, 0.05) is 12.8 Å². The zero-order valence-corrected chi connectivity index (χ0v) is 10.9. The van der Waals surface area contributed by atoms with Crippen LogP contribution in [0.5, 0.6) is 0 Å². The second-order valence-electron chi connectivity index (χ2n) is 4.54. The number of hydrogen-bond acceptors (Lipinski definition) is 3. The zero-order chi connectivity index (χ0) is 12.8. The first kappa shape index (κ1) is 12.8. The molecule has 0 atom stereocenters. The van der Waals surface area contributed by atoms with Gasteiger partial charge in [0.25, 0.3) is 0 Å². The number of benzene rings is 1. The van der Waals surface area contributed by atoms with Crippen molar-refractivity contribution in [3.63, 3.8) is 0 Å². The number of oxazole rings is 1. The average Bonchev–Trinajstić information content (AvgIpc) is 2.83. The van der Waals surface area contributed by atoms with Gasteiger partial charge in [-0.3, -0.25) is 0 Å². The molecule has 0 amide bonds. The predicted molar refractivity (Wildman–Crippen MR) is 72.5 cm³/mol. The summed E-state index contributed by atoms with van der Waals surface area (Å²) in [5, 5.41) is 0. The number of nitrogens with two attached hydrogens (primary N) is 1. The lowest BCUT2D eigenvalue weighted by atomic mass is 10.0. The highest BCUT2D eigenvalue weighted by Gasteiger charge is 2.05. The fourth-order valence-corrected chi connectivity index (χ4v) is 1.98. The fraction of sp³-hybridized carbons (Fsp3) is 0.400. The van der Waals surface area contributed by atoms with E-state index >= 15 is 0 Å². The summed E-state index contributed by atoms with van der Waals surface area (Å²) in [6.07, 6.45) is 5.50. The average molecular weight is 244 g/mol. The lowest BCUT2D eigenvalue weighted by molar-refractivity contribution is 0.449. The topological polar surface area (TPSA) is 52.0 Å². The maximum absolute atomic E-state index is 5.68. The third-order valence-corrected chi connectivity index (χ3v) is 3.10. The van der Waals surface area contributed by atoms with Gasteiger partial charge in [0.05, 0.1) is 6.20 Å². The Hall–Kier alpha value is -1.61. The second kappa shape index (κ2) is 6.36. The van der Waals surface area contributed by atoms with E-state index in [0.29, 0.717) is 6.54 Å². The first-order valence-electron chi connectivity index (χ1n) is 6.47. The maximum Gasteiger partial charge on any atom is 0.194 e. The Bertz CT molecular complexity index is 491. The zero-order valence-electron chi connectivity index (χ0n) is 10.9. The number of hydrogen-bond donors (Lipinski definition) is 1. The van der Waals surface area contributed by atoms with E-state index in [1.54, 1.807) is 0 Å². The molecule has 2 aromatic rings. The standard InChI is InChI=1S/C15H20N2O/c1-12-5-2-3-6-13(12)8-9-14-11-17-15(18-14)7-4-10-16/h2-3,5-6,11H,4,7-10,16H2,1H3. The summed E-state index contributed by atoms with van der Waals surface area (Å²) < 4.78 is 5.68. The summed E-state index contributed by atoms with van der Waals surface area (Å²) in [6, 6.07) is 8.46. The molecule has 0 aliphatic rings. The van der Waals surface area contributed by atoms with Crippen LogP contribution in [0.25, 0.3) is 0 Å². The number of nitrogens with zero attached hydrogens (tertiary/aromatic N) is 1. The Morgan fingerprint density at radius 3 is 2.78 bits per heavy atom. The molecular weight excluding hydrogens is 224 g/mol. The van der Waals surface area contributed by atoms with Gasteiger partial charge < -0.3 is 10.2 Å². The molecule has 0 fully saturated rings. The van der Waals surface area contributed by atoms with Gasteiger partial charge in [0.2, 0.25) is 0 Å². The van der Waals surface area contributed by atoms with E-state index in [1.165, 1.54) is 11.1 Å². The SMILES string of the molecule is Cc1ccccc1CCc1cnc(CCCN)o1. The predicted octanol–water partition coefficient (Wildman–Crippen LogP) is 2.66. The van der Waals surface area contributed by atoms with Gasteiger partial charge in [-0.1, -0.05) is 24.3 Å². The molecule has 0 aliphatic heterocycles. The van der Waals surface area contributed by atoms with Crippen LogP contribution in [0.2, 0.25) is 0 Å². The first-order valence-corrected chi connectivity index (χ1v) is 6.47. The van der Waals surface area contributed by atoms with Crippen LogP contribution in [0.3, 0.4) is 0 Å². The third kappa shape index (κ3) is 3.44. The minimum absolute atomic E-state index is 0.681. The molecule has 3 nitrogen and oxygen atoms in total. The largest absolute Gasteiger partial charge is 0.446 e. The molecule has 1 aromatic carbocycles. The van der Waals surface area contributed by atoms with Crippen molar-refractivity contribution < 1.29 is 4.42 Å². The summed E-state index contributed by atoms with van der Waals surface area (Å²) in [5.74, 6) is 1.77. The molecule has 0 spiro atoms. The molecule has 0 aliphatic carbocycles. The van der Waals surface area contributed by atoms with E-state index in [-0.39, 0.29) is 0 Å². The summed E-state index contributed by atoms with van der Waals surface area (Å²) >= 11 is 0. The summed E-state index contributed by atoms with van der Waals surface area (Å²) in [7, 11) is 0. The Labute approximate surface area is 108 Å². The van der Waals surface area contributed by atoms with Gasteiger partial charge in [-0.05, 0) is 37.4 Å². The molecule has 96 valence electrons. The van der Waals surface area contributed by atoms with Gasteiger partial charge >= 0.3 is 0 Å². The minimum Gasteiger partial charge on any atom is -0.446 e. The molecule has 0 saturated carbocycles. The molecule has 3 heteroatoms. The summed E-state index contributed by atoms with van der Waals surface area (Å²) in [5.41, 5.74) is 8.17. The molecular formula is C15H20N2O. The molecule has 18 heavy (non-hydrogen) atoms. The maximum atomic E-state index is 5.68. The third-order valence-electron chi connectivity index (χ3n) is 3.10. The highest BCUT2D eigenvalue weighted by atomic mass is 16.4. The Morgan fingerprint density at radius 2 is 2.00 bits per heavy atom. The van der Waals surface area contributed by atoms with Crippen molar-refractivity contribution >= 4 is 0 Å². The first-order chi connectivity index (χ1) is 8.79. The number of aryl methyl sites for hydroxylation is 4. The molecule has 0 saturated heterocycles. The molecule has 0 unspecified atom stereocenters. The molecule has 2 rings (SSSR count). The van der Waals surface area contributed by atoms with E-state index in [4.69, 9.17) is 10.2 Å². The van der Waals surface area contributed by atoms with Gasteiger partial charge in [-0.15, -0.1) is 0 Å². The van der Waals surface area contributed by atoms with Gasteiger partial charge in [-0.25, -0.2) is 4.98 Å². The molecule has 1 heterocycles. The second-order valence-corrected chi connectivity index (χ2v) is 4.54. The number of rotatable bonds is 6. The quantitative estimate of drug-likeness (QED) is 0.850. The van der Waals surface area contributed by atoms with Crippen LogP contribution in [0, 0.1) is 6.92 Å². The van der Waals surface area contributed by atoms with Crippen LogP contribution in [-0.2, 0) is 19.3 Å². The van der Waals surface area contributed by atoms with Gasteiger partial charge in [0.15, 0.2) is 5.89 Å². The molecule has 1 aromatic heterocycles. The van der Waals surface area contributed by atoms with Gasteiger partial charge in [0.1, 0.15) is 5.76 Å². The van der Waals surface area contributed by atoms with E-state index in [2.05, 4.69) is 36.2 Å².